The van der Waals surface area contributed by atoms with E-state index in [0.29, 0.717) is 5.41 Å². The average molecular weight is 1000 g/mol. The van der Waals surface area contributed by atoms with E-state index in [0.717, 1.165) is 12.8 Å². The molecule has 0 unspecified atom stereocenters. The normalized spacial score (nSPS) is 8.00. The van der Waals surface area contributed by atoms with Crippen LogP contribution in [0.1, 0.15) is 60.8 Å². The summed E-state index contributed by atoms with van der Waals surface area (Å²) in [5, 5.41) is 0. The van der Waals surface area contributed by atoms with Gasteiger partial charge < -0.3 is 26.7 Å². The van der Waals surface area contributed by atoms with Crippen LogP contribution in [0.25, 0.3) is 0 Å². The fraction of sp³-hybridized carbons (Fsp3) is 0.714. The number of hydrogen-bond acceptors (Lipinski definition) is 0. The van der Waals surface area contributed by atoms with Crippen LogP contribution in [-0.4, -0.2) is 0 Å². The van der Waals surface area contributed by atoms with E-state index in [1.165, 1.54) is 12.3 Å². The quantitative estimate of drug-likeness (QED) is 0.266. The van der Waals surface area contributed by atoms with Crippen LogP contribution in [0.15, 0.2) is 0 Å². The smallest absolute Gasteiger partial charge is 0.358 e. The van der Waals surface area contributed by atoms with Gasteiger partial charge in [-0.1, -0.05) is 26.2 Å². The molecule has 0 saturated carbocycles. The SMILES string of the molecule is C[C-](C)C.[CH2-]CC[CH-]CC(C)(C)C.[CH3-].[U+2].[U].[U].[Y]. The second kappa shape index (κ2) is 29.3. The summed E-state index contributed by atoms with van der Waals surface area (Å²) in [5.41, 5.74) is 0.467. The molecule has 0 aliphatic heterocycles. The first-order valence-electron chi connectivity index (χ1n) is 5.17. The van der Waals surface area contributed by atoms with E-state index in [9.17, 15) is 0 Å². The Bertz CT molecular complexity index is 98.9. The molecule has 0 rings (SSSR count). The molecule has 0 heterocycles. The topological polar surface area (TPSA) is 0 Å². The van der Waals surface area contributed by atoms with Gasteiger partial charge in [0.2, 0.25) is 0 Å². The van der Waals surface area contributed by atoms with Crippen LogP contribution >= 0.6 is 0 Å². The number of rotatable bonds is 3. The molecule has 0 amide bonds. The zero-order chi connectivity index (χ0) is 10.9. The Morgan fingerprint density at radius 1 is 1.06 bits per heavy atom. The number of hydrogen-bond donors (Lipinski definition) is 0. The summed E-state index contributed by atoms with van der Waals surface area (Å²) in [6.07, 6.45) is 5.74. The van der Waals surface area contributed by atoms with Crippen LogP contribution < -0.4 is 0 Å². The summed E-state index contributed by atoms with van der Waals surface area (Å²) in [5.74, 6) is 1.42. The van der Waals surface area contributed by atoms with E-state index >= 15 is 0 Å². The number of unbranched alkanes of at least 4 members (excludes halogenated alkanes) is 2. The van der Waals surface area contributed by atoms with Crippen molar-refractivity contribution < 1.29 is 126 Å². The van der Waals surface area contributed by atoms with E-state index in [-0.39, 0.29) is 133 Å². The van der Waals surface area contributed by atoms with Crippen LogP contribution in [0, 0.1) is 125 Å². The average Bonchev–Trinajstić information content (AvgIpc) is 1.83. The molecule has 0 aliphatic carbocycles. The molecule has 0 aromatic carbocycles. The monoisotopic (exact) mass is 1000 g/mol. The van der Waals surface area contributed by atoms with E-state index in [4.69, 9.17) is 0 Å². The standard InChI is InChI=1S/C9H18.C4H9.CH3.3U.Y/c1-5-6-7-8-9(2,3)4;1-4(2)3;;;;;/h7H,1,5-6,8H2,2-4H3;1-3H3;1H3;;;;/q-2;2*-1;;;+2;. The van der Waals surface area contributed by atoms with Crippen LogP contribution in [0.5, 0.6) is 0 Å². The van der Waals surface area contributed by atoms with E-state index in [1.54, 1.807) is 0 Å². The third-order valence-electron chi connectivity index (χ3n) is 1.16. The van der Waals surface area contributed by atoms with E-state index < -0.39 is 0 Å². The Morgan fingerprint density at radius 2 is 1.33 bits per heavy atom. The molecule has 1 radical (unpaired) electrons. The van der Waals surface area contributed by atoms with Crippen molar-refractivity contribution in [3.63, 3.8) is 0 Å². The van der Waals surface area contributed by atoms with Crippen molar-refractivity contribution in [3.05, 3.63) is 26.7 Å². The van der Waals surface area contributed by atoms with Crippen LogP contribution in [0.3, 0.4) is 0 Å². The summed E-state index contributed by atoms with van der Waals surface area (Å²) in [4.78, 5) is 0. The van der Waals surface area contributed by atoms with E-state index in [1.807, 2.05) is 0 Å². The van der Waals surface area contributed by atoms with Crippen LogP contribution in [0.2, 0.25) is 0 Å². The molecule has 0 bridgehead atoms. The Hall–Kier alpha value is 4.26. The molecule has 103 valence electrons. The molecule has 0 nitrogen and oxygen atoms in total. The predicted octanol–water partition coefficient (Wildman–Crippen LogP) is 5.31. The molecule has 0 N–H and O–H groups in total. The molecule has 0 aliphatic rings. The Labute approximate surface area is 215 Å². The molecule has 0 spiro atoms. The van der Waals surface area contributed by atoms with Gasteiger partial charge in [0, 0.05) is 94.9 Å². The van der Waals surface area contributed by atoms with Crippen molar-refractivity contribution >= 4 is 0 Å². The first kappa shape index (κ1) is 43.2. The summed E-state index contributed by atoms with van der Waals surface area (Å²) in [6, 6.07) is 0. The fourth-order valence-corrected chi connectivity index (χ4v) is 0.679. The minimum absolute atomic E-state index is 0. The van der Waals surface area contributed by atoms with Gasteiger partial charge in [-0.05, 0) is 0 Å². The summed E-state index contributed by atoms with van der Waals surface area (Å²) >= 11 is 0. The second-order valence-electron chi connectivity index (χ2n) is 5.20. The molecule has 0 atom stereocenters. The van der Waals surface area contributed by atoms with Crippen molar-refractivity contribution in [2.75, 3.05) is 0 Å². The molecule has 4 heteroatoms. The van der Waals surface area contributed by atoms with Crippen molar-refractivity contribution in [3.8, 4) is 0 Å². The maximum Gasteiger partial charge on any atom is 2.00 e. The first-order valence-corrected chi connectivity index (χ1v) is 5.17. The van der Waals surface area contributed by atoms with Gasteiger partial charge in [0.05, 0.1) is 0 Å². The van der Waals surface area contributed by atoms with Gasteiger partial charge in [0.1, 0.15) is 0 Å². The third kappa shape index (κ3) is 71.4. The molecule has 0 fully saturated rings. The first-order chi connectivity index (χ1) is 5.79. The zero-order valence-corrected chi connectivity index (χ0v) is 28.8. The van der Waals surface area contributed by atoms with E-state index in [2.05, 4.69) is 54.9 Å². The van der Waals surface area contributed by atoms with Crippen LogP contribution in [0.4, 0.5) is 0 Å². The molecular weight excluding hydrogens is 971 g/mol. The molecule has 0 aromatic heterocycles. The maximum absolute atomic E-state index is 3.77. The van der Waals surface area contributed by atoms with Gasteiger partial charge in [0.15, 0.2) is 0 Å². The van der Waals surface area contributed by atoms with Gasteiger partial charge >= 0.3 is 31.1 Å². The van der Waals surface area contributed by atoms with Gasteiger partial charge in [-0.2, -0.15) is 27.2 Å². The molecule has 0 aromatic rings. The Morgan fingerprint density at radius 3 is 1.50 bits per heavy atom. The van der Waals surface area contributed by atoms with Gasteiger partial charge in [-0.15, -0.1) is 0 Å². The zero-order valence-electron chi connectivity index (χ0n) is 13.5. The van der Waals surface area contributed by atoms with Crippen molar-refractivity contribution in [2.24, 2.45) is 5.41 Å². The molecule has 0 saturated heterocycles. The van der Waals surface area contributed by atoms with Gasteiger partial charge in [-0.25, -0.2) is 12.8 Å². The molecular formula is C14H30U3Y-2. The Kier molecular flexibility index (Phi) is 70.3. The molecule has 18 heavy (non-hydrogen) atoms. The predicted molar refractivity (Wildman–Crippen MR) is 69.6 cm³/mol. The third-order valence-corrected chi connectivity index (χ3v) is 1.16. The summed E-state index contributed by atoms with van der Waals surface area (Å²) in [6.45, 7) is 16.8. The van der Waals surface area contributed by atoms with Gasteiger partial charge in [0.25, 0.3) is 0 Å². The second-order valence-corrected chi connectivity index (χ2v) is 5.20. The fourth-order valence-electron chi connectivity index (χ4n) is 0.679. The minimum Gasteiger partial charge on any atom is -0.358 e. The van der Waals surface area contributed by atoms with Crippen LogP contribution in [-0.2, 0) is 32.7 Å². The van der Waals surface area contributed by atoms with Crippen molar-refractivity contribution in [1.29, 1.82) is 0 Å². The van der Waals surface area contributed by atoms with Crippen molar-refractivity contribution in [1.82, 2.24) is 0 Å². The summed E-state index contributed by atoms with van der Waals surface area (Å²) in [7, 11) is 0. The maximum atomic E-state index is 3.77. The van der Waals surface area contributed by atoms with Gasteiger partial charge in [-0.3, -0.25) is 0 Å². The Balaban J connectivity index is -0.0000000243. The van der Waals surface area contributed by atoms with Crippen molar-refractivity contribution in [2.45, 2.75) is 60.8 Å². The summed E-state index contributed by atoms with van der Waals surface area (Å²) < 4.78 is 0. The largest absolute Gasteiger partial charge is 2.00 e. The minimum atomic E-state index is 0.